The monoisotopic (exact) mass is 502 g/mol. The number of rotatable bonds is 5. The van der Waals surface area contributed by atoms with Crippen LogP contribution in [0, 0.1) is 6.92 Å². The van der Waals surface area contributed by atoms with Gasteiger partial charge in [0, 0.05) is 42.3 Å². The van der Waals surface area contributed by atoms with E-state index in [1.165, 1.54) is 17.0 Å². The number of hydrogen-bond acceptors (Lipinski definition) is 7. The Hall–Kier alpha value is -2.66. The van der Waals surface area contributed by atoms with Crippen molar-refractivity contribution >= 4 is 23.5 Å². The maximum Gasteiger partial charge on any atom is 0.257 e. The molecule has 2 fully saturated rings. The van der Waals surface area contributed by atoms with Crippen molar-refractivity contribution in [1.82, 2.24) is 25.4 Å². The summed E-state index contributed by atoms with van der Waals surface area (Å²) < 4.78 is 7.96. The Labute approximate surface area is 211 Å². The van der Waals surface area contributed by atoms with Crippen LogP contribution in [0.25, 0.3) is 0 Å². The minimum absolute atomic E-state index is 0.000370. The van der Waals surface area contributed by atoms with Crippen LogP contribution in [0.3, 0.4) is 0 Å². The van der Waals surface area contributed by atoms with E-state index < -0.39 is 6.10 Å². The van der Waals surface area contributed by atoms with Crippen LogP contribution in [0.2, 0.25) is 5.02 Å². The highest BCUT2D eigenvalue weighted by molar-refractivity contribution is 6.30. The lowest BCUT2D eigenvalue weighted by Crippen LogP contribution is -2.60. The fraction of sp³-hybridized carbons (Fsp3) is 0.542. The molecule has 2 aromatic rings. The Bertz CT molecular complexity index is 1010. The van der Waals surface area contributed by atoms with E-state index >= 15 is 0 Å². The van der Waals surface area contributed by atoms with E-state index in [0.717, 1.165) is 37.1 Å². The lowest BCUT2D eigenvalue weighted by atomic mass is 9.82. The molecule has 1 aromatic heterocycles. The predicted molar refractivity (Wildman–Crippen MR) is 135 cm³/mol. The van der Waals surface area contributed by atoms with Crippen molar-refractivity contribution in [3.63, 3.8) is 0 Å². The number of nitrogens with one attached hydrogen (secondary N) is 2. The summed E-state index contributed by atoms with van der Waals surface area (Å²) in [5.41, 5.74) is 5.83. The van der Waals surface area contributed by atoms with Gasteiger partial charge in [0.2, 0.25) is 5.96 Å². The Balaban J connectivity index is 1.46. The number of ether oxygens (including phenoxy) is 1. The molecule has 10 nitrogen and oxygen atoms in total. The maximum absolute atomic E-state index is 12.8. The largest absolute Gasteiger partial charge is 0.365 e. The molecule has 2 atom stereocenters. The smallest absolute Gasteiger partial charge is 0.257 e. The average molecular weight is 503 g/mol. The van der Waals surface area contributed by atoms with E-state index in [9.17, 15) is 4.79 Å². The van der Waals surface area contributed by atoms with Crippen LogP contribution in [-0.2, 0) is 23.0 Å². The second kappa shape index (κ2) is 11.4. The Morgan fingerprint density at radius 1 is 1.26 bits per heavy atom. The number of carbonyl (C=O) groups is 1. The summed E-state index contributed by atoms with van der Waals surface area (Å²) in [6, 6.07) is 10.7. The molecule has 4 rings (SSSR count). The first-order valence-electron chi connectivity index (χ1n) is 12.1. The third kappa shape index (κ3) is 6.13. The highest BCUT2D eigenvalue weighted by atomic mass is 35.5. The third-order valence-electron chi connectivity index (χ3n) is 7.24. The molecule has 6 N–H and O–H groups in total. The number of nitrogens with two attached hydrogens (primary N) is 2. The Morgan fingerprint density at radius 2 is 1.97 bits per heavy atom. The van der Waals surface area contributed by atoms with Crippen molar-refractivity contribution < 1.29 is 9.53 Å². The van der Waals surface area contributed by atoms with E-state index in [4.69, 9.17) is 33.1 Å². The number of guanidine groups is 1. The van der Waals surface area contributed by atoms with E-state index in [-0.39, 0.29) is 17.9 Å². The van der Waals surface area contributed by atoms with Gasteiger partial charge in [-0.2, -0.15) is 5.10 Å². The summed E-state index contributed by atoms with van der Waals surface area (Å²) in [4.78, 5) is 15.3. The van der Waals surface area contributed by atoms with Gasteiger partial charge in [-0.1, -0.05) is 23.7 Å². The molecule has 0 spiro atoms. The molecule has 0 radical (unpaired) electrons. The molecular formula is C24H35ClN8O2. The second-order valence-electron chi connectivity index (χ2n) is 9.45. The van der Waals surface area contributed by atoms with Crippen LogP contribution in [0.1, 0.15) is 48.6 Å². The summed E-state index contributed by atoms with van der Waals surface area (Å²) in [6.07, 6.45) is 4.42. The van der Waals surface area contributed by atoms with E-state index in [1.54, 1.807) is 0 Å². The number of hydrazine groups is 1. The molecule has 11 heteroatoms. The Morgan fingerprint density at radius 3 is 2.57 bits per heavy atom. The van der Waals surface area contributed by atoms with Gasteiger partial charge in [0.15, 0.2) is 0 Å². The lowest BCUT2D eigenvalue weighted by Gasteiger charge is -2.45. The summed E-state index contributed by atoms with van der Waals surface area (Å²) in [5, 5.41) is 11.5. The molecule has 2 aliphatic rings. The second-order valence-corrected chi connectivity index (χ2v) is 9.89. The first-order chi connectivity index (χ1) is 16.9. The van der Waals surface area contributed by atoms with Gasteiger partial charge in [0.25, 0.3) is 5.91 Å². The van der Waals surface area contributed by atoms with E-state index in [0.29, 0.717) is 25.1 Å². The van der Waals surface area contributed by atoms with Gasteiger partial charge < -0.3 is 10.6 Å². The lowest BCUT2D eigenvalue weighted by molar-refractivity contribution is -0.144. The third-order valence-corrected chi connectivity index (χ3v) is 7.49. The van der Waals surface area contributed by atoms with Gasteiger partial charge in [-0.25, -0.2) is 5.84 Å². The van der Waals surface area contributed by atoms with Crippen molar-refractivity contribution in [2.75, 3.05) is 13.2 Å². The molecule has 1 amide bonds. The number of halogens is 1. The minimum atomic E-state index is -0.641. The zero-order valence-corrected chi connectivity index (χ0v) is 21.0. The molecular weight excluding hydrogens is 468 g/mol. The van der Waals surface area contributed by atoms with Crippen molar-refractivity contribution in [1.29, 1.82) is 0 Å². The van der Waals surface area contributed by atoms with Gasteiger partial charge >= 0.3 is 0 Å². The highest BCUT2D eigenvalue weighted by Crippen LogP contribution is 2.36. The number of hydrogen-bond donors (Lipinski definition) is 4. The number of nitrogens with zero attached hydrogens (tertiary/aromatic N) is 4. The van der Waals surface area contributed by atoms with Crippen LogP contribution >= 0.6 is 11.6 Å². The molecule has 2 heterocycles. The zero-order chi connectivity index (χ0) is 24.9. The molecule has 1 aliphatic carbocycles. The molecule has 1 aromatic carbocycles. The summed E-state index contributed by atoms with van der Waals surface area (Å²) in [7, 11) is 1.99. The number of aromatic nitrogens is 2. The highest BCUT2D eigenvalue weighted by Gasteiger charge is 2.38. The normalized spacial score (nSPS) is 25.9. The van der Waals surface area contributed by atoms with E-state index in [1.807, 2.05) is 23.9 Å². The molecule has 1 saturated carbocycles. The van der Waals surface area contributed by atoms with Crippen molar-refractivity contribution in [2.45, 2.75) is 63.1 Å². The quantitative estimate of drug-likeness (QED) is 0.211. The van der Waals surface area contributed by atoms with Gasteiger partial charge in [-0.15, -0.1) is 5.10 Å². The number of carbonyl (C=O) groups excluding carboxylic acids is 1. The number of amides is 1. The van der Waals surface area contributed by atoms with Crippen molar-refractivity contribution in [2.24, 2.45) is 23.8 Å². The summed E-state index contributed by atoms with van der Waals surface area (Å²) in [6.45, 7) is 3.03. The summed E-state index contributed by atoms with van der Waals surface area (Å²) >= 11 is 6.08. The van der Waals surface area contributed by atoms with Crippen LogP contribution in [0.5, 0.6) is 0 Å². The molecule has 35 heavy (non-hydrogen) atoms. The number of hydrazone groups is 1. The zero-order valence-electron chi connectivity index (χ0n) is 20.3. The number of benzene rings is 1. The maximum atomic E-state index is 12.8. The standard InChI is InChI=1S/C24H35ClN8O2/c1-15-11-21(31-32(15)2)17-5-9-19(10-6-17)33-13-22(23(34)28-24(29-26)30-27)35-14-20(33)12-16-3-7-18(25)8-4-16/h3-4,7-8,11,17,19-20,22H,5-6,9-10,12-14,26-27H2,1-2H3,(H2,28,29,30,34). The first-order valence-corrected chi connectivity index (χ1v) is 12.4. The van der Waals surface area contributed by atoms with Crippen LogP contribution < -0.4 is 22.4 Å². The molecule has 1 aliphatic heterocycles. The first kappa shape index (κ1) is 25.4. The fourth-order valence-electron chi connectivity index (χ4n) is 5.18. The van der Waals surface area contributed by atoms with E-state index in [2.05, 4.69) is 45.9 Å². The van der Waals surface area contributed by atoms with Crippen molar-refractivity contribution in [3.8, 4) is 0 Å². The molecule has 0 bridgehead atoms. The van der Waals surface area contributed by atoms with Gasteiger partial charge in [0.05, 0.1) is 12.3 Å². The average Bonchev–Trinajstić information content (AvgIpc) is 3.22. The van der Waals surface area contributed by atoms with Crippen LogP contribution in [0.15, 0.2) is 35.4 Å². The van der Waals surface area contributed by atoms with Crippen LogP contribution in [-0.4, -0.2) is 57.9 Å². The molecule has 1 saturated heterocycles. The number of morpholine rings is 1. The minimum Gasteiger partial charge on any atom is -0.365 e. The topological polar surface area (TPSA) is 136 Å². The van der Waals surface area contributed by atoms with Gasteiger partial charge in [-0.3, -0.25) is 25.1 Å². The SMILES string of the molecule is Cc1cc(C2CCC(N3CC(C(=O)N/C(=N/N)NN)OCC3Cc3ccc(Cl)cc3)CC2)nn1C. The van der Waals surface area contributed by atoms with Gasteiger partial charge in [0.1, 0.15) is 6.10 Å². The predicted octanol–water partition coefficient (Wildman–Crippen LogP) is 1.53. The number of aryl methyl sites for hydroxylation is 2. The fourth-order valence-corrected chi connectivity index (χ4v) is 5.31. The van der Waals surface area contributed by atoms with Crippen molar-refractivity contribution in [3.05, 3.63) is 52.3 Å². The summed E-state index contributed by atoms with van der Waals surface area (Å²) in [5.74, 6) is 10.8. The Kier molecular flexibility index (Phi) is 8.27. The van der Waals surface area contributed by atoms with Crippen LogP contribution in [0.4, 0.5) is 0 Å². The molecule has 190 valence electrons. The van der Waals surface area contributed by atoms with Gasteiger partial charge in [-0.05, 0) is 62.8 Å². The molecule has 2 unspecified atom stereocenters.